The summed E-state index contributed by atoms with van der Waals surface area (Å²) < 4.78 is 11.0. The number of aliphatic hydroxyl groups is 1. The van der Waals surface area contributed by atoms with Crippen LogP contribution in [-0.2, 0) is 0 Å². The summed E-state index contributed by atoms with van der Waals surface area (Å²) in [5.74, 6) is 1.38. The van der Waals surface area contributed by atoms with Gasteiger partial charge in [-0.2, -0.15) is 0 Å². The first-order chi connectivity index (χ1) is 9.62. The van der Waals surface area contributed by atoms with Crippen molar-refractivity contribution in [1.29, 1.82) is 0 Å². The predicted octanol–water partition coefficient (Wildman–Crippen LogP) is 3.25. The molecule has 0 bridgehead atoms. The van der Waals surface area contributed by atoms with E-state index in [0.717, 1.165) is 30.6 Å². The third-order valence-electron chi connectivity index (χ3n) is 3.31. The summed E-state index contributed by atoms with van der Waals surface area (Å²) in [4.78, 5) is 0. The molecule has 0 radical (unpaired) electrons. The molecular weight excluding hydrogens is 254 g/mol. The highest BCUT2D eigenvalue weighted by Crippen LogP contribution is 2.30. The van der Waals surface area contributed by atoms with Gasteiger partial charge >= 0.3 is 0 Å². The maximum absolute atomic E-state index is 10.1. The number of rotatable bonds is 9. The van der Waals surface area contributed by atoms with Gasteiger partial charge in [0.05, 0.1) is 13.7 Å². The Morgan fingerprint density at radius 3 is 2.60 bits per heavy atom. The molecule has 0 saturated heterocycles. The SMILES string of the molecule is CCCCOc1ccc(C(O)NC(C)CC)cc1OC. The molecule has 4 nitrogen and oxygen atoms in total. The predicted molar refractivity (Wildman–Crippen MR) is 81.2 cm³/mol. The Kier molecular flexibility index (Phi) is 7.41. The second kappa shape index (κ2) is 8.82. The maximum atomic E-state index is 10.1. The Balaban J connectivity index is 2.75. The Morgan fingerprint density at radius 1 is 1.25 bits per heavy atom. The van der Waals surface area contributed by atoms with Crippen LogP contribution in [0.4, 0.5) is 0 Å². The molecule has 0 aliphatic rings. The zero-order valence-corrected chi connectivity index (χ0v) is 13.0. The van der Waals surface area contributed by atoms with Crippen molar-refractivity contribution in [3.05, 3.63) is 23.8 Å². The summed E-state index contributed by atoms with van der Waals surface area (Å²) in [5, 5.41) is 13.3. The van der Waals surface area contributed by atoms with Gasteiger partial charge in [0.1, 0.15) is 6.23 Å². The molecule has 2 unspecified atom stereocenters. The molecule has 20 heavy (non-hydrogen) atoms. The summed E-state index contributed by atoms with van der Waals surface area (Å²) in [6, 6.07) is 5.80. The van der Waals surface area contributed by atoms with E-state index in [2.05, 4.69) is 19.2 Å². The first-order valence-corrected chi connectivity index (χ1v) is 7.37. The van der Waals surface area contributed by atoms with Crippen LogP contribution in [0.15, 0.2) is 18.2 Å². The molecular formula is C16H27NO3. The molecule has 0 heterocycles. The van der Waals surface area contributed by atoms with Crippen LogP contribution < -0.4 is 14.8 Å². The number of aliphatic hydroxyl groups excluding tert-OH is 1. The quantitative estimate of drug-likeness (QED) is 0.539. The molecule has 4 heteroatoms. The molecule has 1 rings (SSSR count). The summed E-state index contributed by atoms with van der Waals surface area (Å²) in [6.45, 7) is 6.93. The van der Waals surface area contributed by atoms with E-state index in [1.165, 1.54) is 0 Å². The van der Waals surface area contributed by atoms with Crippen LogP contribution in [0.25, 0.3) is 0 Å². The molecule has 1 aromatic carbocycles. The van der Waals surface area contributed by atoms with Gasteiger partial charge in [-0.15, -0.1) is 0 Å². The van der Waals surface area contributed by atoms with Crippen molar-refractivity contribution in [3.63, 3.8) is 0 Å². The van der Waals surface area contributed by atoms with Crippen LogP contribution in [0.5, 0.6) is 11.5 Å². The van der Waals surface area contributed by atoms with Gasteiger partial charge in [-0.25, -0.2) is 0 Å². The minimum atomic E-state index is -0.691. The fraction of sp³-hybridized carbons (Fsp3) is 0.625. The molecule has 2 atom stereocenters. The highest BCUT2D eigenvalue weighted by molar-refractivity contribution is 5.43. The highest BCUT2D eigenvalue weighted by Gasteiger charge is 2.13. The van der Waals surface area contributed by atoms with E-state index in [9.17, 15) is 5.11 Å². The van der Waals surface area contributed by atoms with Crippen molar-refractivity contribution < 1.29 is 14.6 Å². The number of unbranched alkanes of at least 4 members (excludes halogenated alkanes) is 1. The zero-order chi connectivity index (χ0) is 15.0. The molecule has 0 amide bonds. The van der Waals surface area contributed by atoms with Crippen LogP contribution in [0, 0.1) is 0 Å². The topological polar surface area (TPSA) is 50.7 Å². The third-order valence-corrected chi connectivity index (χ3v) is 3.31. The molecule has 0 fully saturated rings. The van der Waals surface area contributed by atoms with Crippen LogP contribution in [0.2, 0.25) is 0 Å². The minimum absolute atomic E-state index is 0.261. The summed E-state index contributed by atoms with van der Waals surface area (Å²) in [7, 11) is 1.61. The normalized spacial score (nSPS) is 13.8. The monoisotopic (exact) mass is 281 g/mol. The molecule has 0 aromatic heterocycles. The Bertz CT molecular complexity index is 395. The average Bonchev–Trinajstić information content (AvgIpc) is 2.47. The standard InChI is InChI=1S/C16H27NO3/c1-5-7-10-20-14-9-8-13(11-15(14)19-4)16(18)17-12(3)6-2/h8-9,11-12,16-18H,5-7,10H2,1-4H3. The molecule has 0 aliphatic carbocycles. The van der Waals surface area contributed by atoms with E-state index in [4.69, 9.17) is 9.47 Å². The molecule has 114 valence electrons. The van der Waals surface area contributed by atoms with Crippen molar-refractivity contribution in [2.45, 2.75) is 52.3 Å². The lowest BCUT2D eigenvalue weighted by atomic mass is 10.1. The Labute approximate surface area is 122 Å². The van der Waals surface area contributed by atoms with Crippen molar-refractivity contribution in [1.82, 2.24) is 5.32 Å². The van der Waals surface area contributed by atoms with Crippen LogP contribution >= 0.6 is 0 Å². The van der Waals surface area contributed by atoms with Crippen LogP contribution in [0.3, 0.4) is 0 Å². The van der Waals surface area contributed by atoms with Crippen LogP contribution in [-0.4, -0.2) is 24.9 Å². The van der Waals surface area contributed by atoms with Gasteiger partial charge in [0.15, 0.2) is 11.5 Å². The number of methoxy groups -OCH3 is 1. The second-order valence-corrected chi connectivity index (χ2v) is 4.99. The van der Waals surface area contributed by atoms with Gasteiger partial charge in [0.2, 0.25) is 0 Å². The minimum Gasteiger partial charge on any atom is -0.493 e. The molecule has 1 aromatic rings. The van der Waals surface area contributed by atoms with E-state index in [-0.39, 0.29) is 6.04 Å². The average molecular weight is 281 g/mol. The molecule has 0 aliphatic heterocycles. The highest BCUT2D eigenvalue weighted by atomic mass is 16.5. The van der Waals surface area contributed by atoms with E-state index in [1.807, 2.05) is 25.1 Å². The van der Waals surface area contributed by atoms with E-state index in [0.29, 0.717) is 12.4 Å². The summed E-state index contributed by atoms with van der Waals surface area (Å²) in [6.07, 6.45) is 2.39. The van der Waals surface area contributed by atoms with Gasteiger partial charge in [-0.1, -0.05) is 26.3 Å². The number of hydrogen-bond donors (Lipinski definition) is 2. The van der Waals surface area contributed by atoms with Gasteiger partial charge in [-0.3, -0.25) is 5.32 Å². The molecule has 2 N–H and O–H groups in total. The number of nitrogens with one attached hydrogen (secondary N) is 1. The largest absolute Gasteiger partial charge is 0.493 e. The lowest BCUT2D eigenvalue weighted by Crippen LogP contribution is -2.29. The molecule has 0 saturated carbocycles. The Hall–Kier alpha value is -1.26. The zero-order valence-electron chi connectivity index (χ0n) is 13.0. The van der Waals surface area contributed by atoms with Crippen molar-refractivity contribution in [3.8, 4) is 11.5 Å². The first kappa shape index (κ1) is 16.8. The summed E-state index contributed by atoms with van der Waals surface area (Å²) >= 11 is 0. The van der Waals surface area contributed by atoms with E-state index in [1.54, 1.807) is 7.11 Å². The van der Waals surface area contributed by atoms with Crippen molar-refractivity contribution in [2.75, 3.05) is 13.7 Å². The van der Waals surface area contributed by atoms with E-state index < -0.39 is 6.23 Å². The number of benzene rings is 1. The van der Waals surface area contributed by atoms with Crippen LogP contribution in [0.1, 0.15) is 51.8 Å². The van der Waals surface area contributed by atoms with E-state index >= 15 is 0 Å². The van der Waals surface area contributed by atoms with Gasteiger partial charge < -0.3 is 14.6 Å². The van der Waals surface area contributed by atoms with Gasteiger partial charge in [0, 0.05) is 6.04 Å². The fourth-order valence-corrected chi connectivity index (χ4v) is 1.78. The first-order valence-electron chi connectivity index (χ1n) is 7.37. The van der Waals surface area contributed by atoms with Gasteiger partial charge in [0.25, 0.3) is 0 Å². The third kappa shape index (κ3) is 5.02. The van der Waals surface area contributed by atoms with Gasteiger partial charge in [-0.05, 0) is 37.5 Å². The maximum Gasteiger partial charge on any atom is 0.161 e. The number of ether oxygens (including phenoxy) is 2. The second-order valence-electron chi connectivity index (χ2n) is 4.99. The lowest BCUT2D eigenvalue weighted by Gasteiger charge is -2.19. The summed E-state index contributed by atoms with van der Waals surface area (Å²) in [5.41, 5.74) is 0.782. The fourth-order valence-electron chi connectivity index (χ4n) is 1.78. The molecule has 0 spiro atoms. The van der Waals surface area contributed by atoms with Crippen molar-refractivity contribution >= 4 is 0 Å². The van der Waals surface area contributed by atoms with Crippen molar-refractivity contribution in [2.24, 2.45) is 0 Å². The lowest BCUT2D eigenvalue weighted by molar-refractivity contribution is 0.124. The smallest absolute Gasteiger partial charge is 0.161 e. The number of hydrogen-bond acceptors (Lipinski definition) is 4. The Morgan fingerprint density at radius 2 is 2.00 bits per heavy atom.